The van der Waals surface area contributed by atoms with Gasteiger partial charge in [-0.2, -0.15) is 10.1 Å². The molecule has 2 N–H and O–H groups in total. The van der Waals surface area contributed by atoms with Crippen molar-refractivity contribution < 1.29 is 4.52 Å². The third-order valence-corrected chi connectivity index (χ3v) is 5.57. The van der Waals surface area contributed by atoms with E-state index in [1.807, 2.05) is 55.5 Å². The van der Waals surface area contributed by atoms with Gasteiger partial charge in [-0.1, -0.05) is 67.0 Å². The van der Waals surface area contributed by atoms with Crippen LogP contribution in [0.15, 0.2) is 62.6 Å². The topological polar surface area (TPSA) is 122 Å². The van der Waals surface area contributed by atoms with E-state index >= 15 is 0 Å². The van der Waals surface area contributed by atoms with Gasteiger partial charge in [0, 0.05) is 17.5 Å². The summed E-state index contributed by atoms with van der Waals surface area (Å²) in [5.41, 5.74) is 5.10. The summed E-state index contributed by atoms with van der Waals surface area (Å²) in [6.07, 6.45) is 2.11. The van der Waals surface area contributed by atoms with Gasteiger partial charge in [0.25, 0.3) is 5.56 Å². The number of benzene rings is 2. The van der Waals surface area contributed by atoms with Crippen molar-refractivity contribution in [1.29, 1.82) is 0 Å². The van der Waals surface area contributed by atoms with Crippen LogP contribution in [0.1, 0.15) is 36.0 Å². The highest BCUT2D eigenvalue weighted by Crippen LogP contribution is 2.30. The molecule has 0 saturated carbocycles. The van der Waals surface area contributed by atoms with E-state index in [-0.39, 0.29) is 5.56 Å². The molecule has 0 unspecified atom stereocenters. The van der Waals surface area contributed by atoms with Gasteiger partial charge in [0.15, 0.2) is 5.82 Å². The Kier molecular flexibility index (Phi) is 5.21. The number of hydrogen-bond acceptors (Lipinski definition) is 6. The standard InChI is InChI=1S/C24H22N6O3/c1-3-6-20-19(22(31)27-23-25-14(2)28-30(20)23)13-15-9-11-16(12-10-15)17-7-4-5-8-18(17)21-26-24(32)33-29-21/h4-5,7-12H,3,6,13H2,1-2H3,(H,26,29,32)(H,25,27,28,31). The molecule has 0 radical (unpaired) electrons. The third kappa shape index (κ3) is 3.89. The first kappa shape index (κ1) is 20.6. The predicted octanol–water partition coefficient (Wildman–Crippen LogP) is 3.28. The van der Waals surface area contributed by atoms with Crippen LogP contribution in [0, 0.1) is 6.92 Å². The number of nitrogens with one attached hydrogen (secondary N) is 2. The highest BCUT2D eigenvalue weighted by molar-refractivity contribution is 5.80. The van der Waals surface area contributed by atoms with Crippen molar-refractivity contribution in [2.75, 3.05) is 0 Å². The lowest BCUT2D eigenvalue weighted by molar-refractivity contribution is 0.388. The average Bonchev–Trinajstić information content (AvgIpc) is 3.41. The Hall–Kier alpha value is -4.27. The van der Waals surface area contributed by atoms with Gasteiger partial charge in [0.05, 0.1) is 5.69 Å². The van der Waals surface area contributed by atoms with Crippen LogP contribution < -0.4 is 11.3 Å². The van der Waals surface area contributed by atoms with Crippen LogP contribution in [0.3, 0.4) is 0 Å². The minimum atomic E-state index is -0.595. The van der Waals surface area contributed by atoms with Crippen molar-refractivity contribution in [3.05, 3.63) is 92.1 Å². The second-order valence-corrected chi connectivity index (χ2v) is 7.89. The van der Waals surface area contributed by atoms with E-state index in [1.165, 1.54) is 0 Å². The summed E-state index contributed by atoms with van der Waals surface area (Å²) in [5.74, 6) is 0.883. The first-order chi connectivity index (χ1) is 16.0. The molecular weight excluding hydrogens is 420 g/mol. The lowest BCUT2D eigenvalue weighted by atomic mass is 9.96. The van der Waals surface area contributed by atoms with Gasteiger partial charge in [0.2, 0.25) is 5.78 Å². The summed E-state index contributed by atoms with van der Waals surface area (Å²) in [6.45, 7) is 3.89. The number of fused-ring (bicyclic) bond motifs is 1. The van der Waals surface area contributed by atoms with Crippen LogP contribution in [0.25, 0.3) is 28.3 Å². The number of rotatable bonds is 6. The van der Waals surface area contributed by atoms with Gasteiger partial charge < -0.3 is 0 Å². The molecule has 9 nitrogen and oxygen atoms in total. The number of aryl methyl sites for hydroxylation is 2. The van der Waals surface area contributed by atoms with Gasteiger partial charge in [-0.15, -0.1) is 0 Å². The molecule has 0 saturated heterocycles. The second-order valence-electron chi connectivity index (χ2n) is 7.89. The van der Waals surface area contributed by atoms with E-state index in [0.717, 1.165) is 40.8 Å². The molecule has 0 atom stereocenters. The number of aromatic nitrogens is 6. The highest BCUT2D eigenvalue weighted by atomic mass is 16.5. The quantitative estimate of drug-likeness (QED) is 0.416. The molecule has 33 heavy (non-hydrogen) atoms. The predicted molar refractivity (Wildman–Crippen MR) is 123 cm³/mol. The van der Waals surface area contributed by atoms with Crippen molar-refractivity contribution in [1.82, 2.24) is 29.7 Å². The fraction of sp³-hybridized carbons (Fsp3) is 0.208. The molecule has 3 aromatic heterocycles. The van der Waals surface area contributed by atoms with Crippen LogP contribution in [-0.2, 0) is 12.8 Å². The van der Waals surface area contributed by atoms with E-state index in [1.54, 1.807) is 4.52 Å². The molecule has 5 aromatic rings. The number of aromatic amines is 2. The lowest BCUT2D eigenvalue weighted by Gasteiger charge is -2.11. The minimum Gasteiger partial charge on any atom is -0.296 e. The Morgan fingerprint density at radius 3 is 2.45 bits per heavy atom. The number of H-pyrrole nitrogens is 2. The first-order valence-electron chi connectivity index (χ1n) is 10.8. The Morgan fingerprint density at radius 2 is 1.76 bits per heavy atom. The maximum atomic E-state index is 12.9. The molecule has 9 heteroatoms. The van der Waals surface area contributed by atoms with Gasteiger partial charge in [-0.25, -0.2) is 9.31 Å². The Bertz CT molecular complexity index is 1560. The van der Waals surface area contributed by atoms with Crippen molar-refractivity contribution >= 4 is 5.78 Å². The van der Waals surface area contributed by atoms with Crippen molar-refractivity contribution in [2.45, 2.75) is 33.1 Å². The van der Waals surface area contributed by atoms with Crippen LogP contribution >= 0.6 is 0 Å². The highest BCUT2D eigenvalue weighted by Gasteiger charge is 2.16. The summed E-state index contributed by atoms with van der Waals surface area (Å²) >= 11 is 0. The van der Waals surface area contributed by atoms with Gasteiger partial charge in [-0.05, 0) is 30.0 Å². The molecule has 0 spiro atoms. The molecule has 2 aromatic carbocycles. The van der Waals surface area contributed by atoms with E-state index in [9.17, 15) is 9.59 Å². The zero-order chi connectivity index (χ0) is 22.9. The fourth-order valence-electron chi connectivity index (χ4n) is 4.09. The summed E-state index contributed by atoms with van der Waals surface area (Å²) in [7, 11) is 0. The molecule has 0 aliphatic rings. The van der Waals surface area contributed by atoms with E-state index < -0.39 is 5.76 Å². The lowest BCUT2D eigenvalue weighted by Crippen LogP contribution is -2.20. The average molecular weight is 442 g/mol. The van der Waals surface area contributed by atoms with E-state index in [2.05, 4.69) is 36.7 Å². The first-order valence-corrected chi connectivity index (χ1v) is 10.8. The normalized spacial score (nSPS) is 11.3. The summed E-state index contributed by atoms with van der Waals surface area (Å²) in [5, 5.41) is 8.28. The van der Waals surface area contributed by atoms with Crippen LogP contribution in [-0.4, -0.2) is 29.7 Å². The molecular formula is C24H22N6O3. The van der Waals surface area contributed by atoms with Crippen LogP contribution in [0.4, 0.5) is 0 Å². The fourth-order valence-corrected chi connectivity index (χ4v) is 4.09. The zero-order valence-electron chi connectivity index (χ0n) is 18.3. The Labute approximate surface area is 188 Å². The van der Waals surface area contributed by atoms with Gasteiger partial charge in [-0.3, -0.25) is 19.3 Å². The largest absolute Gasteiger partial charge is 0.439 e. The molecule has 3 heterocycles. The van der Waals surface area contributed by atoms with E-state index in [0.29, 0.717) is 29.4 Å². The van der Waals surface area contributed by atoms with E-state index in [4.69, 9.17) is 0 Å². The molecule has 0 amide bonds. The maximum Gasteiger partial charge on any atom is 0.439 e. The number of nitrogens with zero attached hydrogens (tertiary/aromatic N) is 4. The molecule has 0 bridgehead atoms. The van der Waals surface area contributed by atoms with Crippen molar-refractivity contribution in [3.8, 4) is 22.5 Å². The molecule has 0 fully saturated rings. The summed E-state index contributed by atoms with van der Waals surface area (Å²) in [4.78, 5) is 34.0. The van der Waals surface area contributed by atoms with Crippen molar-refractivity contribution in [2.24, 2.45) is 0 Å². The zero-order valence-corrected chi connectivity index (χ0v) is 18.3. The Morgan fingerprint density at radius 1 is 1.00 bits per heavy atom. The minimum absolute atomic E-state index is 0.136. The monoisotopic (exact) mass is 442 g/mol. The maximum absolute atomic E-state index is 12.9. The number of hydrogen-bond donors (Lipinski definition) is 2. The SMILES string of the molecule is CCCc1c(Cc2ccc(-c3ccccc3-c3noc(=O)[nH]3)cc2)c(=O)[nH]c2nc(C)nn12. The Balaban J connectivity index is 1.51. The molecule has 0 aliphatic carbocycles. The molecule has 5 rings (SSSR count). The second kappa shape index (κ2) is 8.34. The third-order valence-electron chi connectivity index (χ3n) is 5.57. The van der Waals surface area contributed by atoms with Gasteiger partial charge >= 0.3 is 5.76 Å². The van der Waals surface area contributed by atoms with Crippen LogP contribution in [0.5, 0.6) is 0 Å². The van der Waals surface area contributed by atoms with Gasteiger partial charge in [0.1, 0.15) is 5.82 Å². The summed E-state index contributed by atoms with van der Waals surface area (Å²) in [6, 6.07) is 15.6. The molecule has 166 valence electrons. The van der Waals surface area contributed by atoms with Crippen LogP contribution in [0.2, 0.25) is 0 Å². The smallest absolute Gasteiger partial charge is 0.296 e. The summed E-state index contributed by atoms with van der Waals surface area (Å²) < 4.78 is 6.41. The molecule has 0 aliphatic heterocycles. The van der Waals surface area contributed by atoms with Crippen molar-refractivity contribution in [3.63, 3.8) is 0 Å².